The second-order valence-electron chi connectivity index (χ2n) is 3.14. The van der Waals surface area contributed by atoms with E-state index in [2.05, 4.69) is 25.1 Å². The Morgan fingerprint density at radius 3 is 2.62 bits per heavy atom. The Hall–Kier alpha value is -1.08. The van der Waals surface area contributed by atoms with Crippen LogP contribution in [0.2, 0.25) is 0 Å². The van der Waals surface area contributed by atoms with Gasteiger partial charge in [0.2, 0.25) is 0 Å². The molecule has 0 saturated heterocycles. The van der Waals surface area contributed by atoms with Crippen molar-refractivity contribution in [3.8, 4) is 0 Å². The Labute approximate surface area is 79.7 Å². The van der Waals surface area contributed by atoms with Gasteiger partial charge in [0.05, 0.1) is 0 Å². The highest BCUT2D eigenvalue weighted by atomic mass is 16.2. The van der Waals surface area contributed by atoms with Crippen molar-refractivity contribution in [1.82, 2.24) is 0 Å². The van der Waals surface area contributed by atoms with Gasteiger partial charge in [-0.25, -0.2) is 0 Å². The number of allylic oxidation sites excluding steroid dienone is 1. The third-order valence-corrected chi connectivity index (χ3v) is 2.05. The number of aliphatic hydroxyl groups is 1. The quantitative estimate of drug-likeness (QED) is 0.699. The van der Waals surface area contributed by atoms with E-state index >= 15 is 0 Å². The Kier molecular flexibility index (Phi) is 4.27. The minimum absolute atomic E-state index is 0.234. The molecule has 0 radical (unpaired) electrons. The van der Waals surface area contributed by atoms with Crippen molar-refractivity contribution >= 4 is 0 Å². The molecule has 1 atom stereocenters. The Morgan fingerprint density at radius 1 is 1.31 bits per heavy atom. The van der Waals surface area contributed by atoms with E-state index in [1.54, 1.807) is 0 Å². The number of hydrogen-bond donors (Lipinski definition) is 1. The highest BCUT2D eigenvalue weighted by Gasteiger charge is 1.97. The molecule has 1 N–H and O–H groups in total. The molecular formula is C12H16O. The number of benzene rings is 1. The maximum Gasteiger partial charge on any atom is 0.0465 e. The highest BCUT2D eigenvalue weighted by Crippen LogP contribution is 2.15. The first-order valence-corrected chi connectivity index (χ1v) is 4.67. The van der Waals surface area contributed by atoms with Crippen molar-refractivity contribution in [2.24, 2.45) is 0 Å². The van der Waals surface area contributed by atoms with Crippen molar-refractivity contribution in [2.45, 2.75) is 19.3 Å². The predicted octanol–water partition coefficient (Wildman–Crippen LogP) is 2.73. The minimum Gasteiger partial charge on any atom is -0.396 e. The Balaban J connectivity index is 2.53. The van der Waals surface area contributed by atoms with Crippen LogP contribution in [0.25, 0.3) is 0 Å². The van der Waals surface area contributed by atoms with Crippen LogP contribution in [0.3, 0.4) is 0 Å². The molecular weight excluding hydrogens is 160 g/mol. The summed E-state index contributed by atoms with van der Waals surface area (Å²) in [5.74, 6) is 0.438. The molecule has 0 fully saturated rings. The van der Waals surface area contributed by atoms with Crippen LogP contribution in [0, 0.1) is 0 Å². The first kappa shape index (κ1) is 10.0. The fraction of sp³-hybridized carbons (Fsp3) is 0.333. The molecule has 1 rings (SSSR count). The van der Waals surface area contributed by atoms with Gasteiger partial charge in [-0.3, -0.25) is 0 Å². The maximum atomic E-state index is 8.60. The standard InChI is InChI=1S/C12H16O/c1-11(7-5-6-10-13)12-8-3-2-4-9-12/h2-5,7-9,11,13H,6,10H2,1H3/b7-5+/t11-/m0/s1. The van der Waals surface area contributed by atoms with Gasteiger partial charge in [0.15, 0.2) is 0 Å². The summed E-state index contributed by atoms with van der Waals surface area (Å²) < 4.78 is 0. The van der Waals surface area contributed by atoms with Crippen LogP contribution in [-0.4, -0.2) is 11.7 Å². The van der Waals surface area contributed by atoms with E-state index in [1.165, 1.54) is 5.56 Å². The number of aliphatic hydroxyl groups excluding tert-OH is 1. The molecule has 1 aromatic rings. The zero-order valence-corrected chi connectivity index (χ0v) is 7.98. The molecule has 0 unspecified atom stereocenters. The van der Waals surface area contributed by atoms with Crippen molar-refractivity contribution in [1.29, 1.82) is 0 Å². The SMILES string of the molecule is C[C@@H](/C=C/CCO)c1ccccc1. The molecule has 0 aliphatic heterocycles. The van der Waals surface area contributed by atoms with Crippen LogP contribution < -0.4 is 0 Å². The lowest BCUT2D eigenvalue weighted by atomic mass is 10.0. The van der Waals surface area contributed by atoms with Gasteiger partial charge in [0.25, 0.3) is 0 Å². The normalized spacial score (nSPS) is 13.4. The first-order valence-electron chi connectivity index (χ1n) is 4.67. The Bertz CT molecular complexity index is 251. The van der Waals surface area contributed by atoms with Crippen molar-refractivity contribution < 1.29 is 5.11 Å². The fourth-order valence-electron chi connectivity index (χ4n) is 1.24. The van der Waals surface area contributed by atoms with Gasteiger partial charge < -0.3 is 5.11 Å². The molecule has 1 aromatic carbocycles. The summed E-state index contributed by atoms with van der Waals surface area (Å²) in [6, 6.07) is 10.4. The maximum absolute atomic E-state index is 8.60. The van der Waals surface area contributed by atoms with Crippen LogP contribution in [0.4, 0.5) is 0 Å². The predicted molar refractivity (Wildman–Crippen MR) is 55.7 cm³/mol. The lowest BCUT2D eigenvalue weighted by molar-refractivity contribution is 0.302. The van der Waals surface area contributed by atoms with E-state index in [-0.39, 0.29) is 6.61 Å². The molecule has 0 bridgehead atoms. The topological polar surface area (TPSA) is 20.2 Å². The van der Waals surface area contributed by atoms with Crippen molar-refractivity contribution in [3.63, 3.8) is 0 Å². The summed E-state index contributed by atoms with van der Waals surface area (Å²) in [5.41, 5.74) is 1.32. The van der Waals surface area contributed by atoms with E-state index in [1.807, 2.05) is 24.3 Å². The molecule has 1 nitrogen and oxygen atoms in total. The van der Waals surface area contributed by atoms with Crippen LogP contribution in [0.5, 0.6) is 0 Å². The molecule has 70 valence electrons. The second kappa shape index (κ2) is 5.55. The monoisotopic (exact) mass is 176 g/mol. The fourth-order valence-corrected chi connectivity index (χ4v) is 1.24. The summed E-state index contributed by atoms with van der Waals surface area (Å²) in [6.45, 7) is 2.39. The van der Waals surface area contributed by atoms with Gasteiger partial charge in [0.1, 0.15) is 0 Å². The first-order chi connectivity index (χ1) is 6.34. The lowest BCUT2D eigenvalue weighted by Gasteiger charge is -2.05. The molecule has 1 heteroatoms. The van der Waals surface area contributed by atoms with Crippen molar-refractivity contribution in [2.75, 3.05) is 6.61 Å². The highest BCUT2D eigenvalue weighted by molar-refractivity contribution is 5.22. The lowest BCUT2D eigenvalue weighted by Crippen LogP contribution is -1.88. The largest absolute Gasteiger partial charge is 0.396 e. The van der Waals surface area contributed by atoms with Crippen LogP contribution in [0.15, 0.2) is 42.5 Å². The van der Waals surface area contributed by atoms with Gasteiger partial charge in [-0.1, -0.05) is 49.4 Å². The minimum atomic E-state index is 0.234. The van der Waals surface area contributed by atoms with Gasteiger partial charge in [-0.15, -0.1) is 0 Å². The van der Waals surface area contributed by atoms with Gasteiger partial charge >= 0.3 is 0 Å². The van der Waals surface area contributed by atoms with E-state index in [0.717, 1.165) is 6.42 Å². The zero-order valence-electron chi connectivity index (χ0n) is 7.98. The van der Waals surface area contributed by atoms with Crippen molar-refractivity contribution in [3.05, 3.63) is 48.0 Å². The van der Waals surface area contributed by atoms with E-state index in [9.17, 15) is 0 Å². The summed E-state index contributed by atoms with van der Waals surface area (Å²) in [7, 11) is 0. The van der Waals surface area contributed by atoms with E-state index < -0.39 is 0 Å². The molecule has 0 aliphatic carbocycles. The molecule has 0 aromatic heterocycles. The summed E-state index contributed by atoms with van der Waals surface area (Å²) in [4.78, 5) is 0. The molecule has 13 heavy (non-hydrogen) atoms. The van der Waals surface area contributed by atoms with Gasteiger partial charge in [0, 0.05) is 6.61 Å². The number of hydrogen-bond acceptors (Lipinski definition) is 1. The molecule has 0 aliphatic rings. The third kappa shape index (κ3) is 3.43. The molecule has 0 saturated carbocycles. The average Bonchev–Trinajstić information content (AvgIpc) is 2.19. The molecule has 0 amide bonds. The molecule has 0 heterocycles. The molecule has 0 spiro atoms. The third-order valence-electron chi connectivity index (χ3n) is 2.05. The van der Waals surface area contributed by atoms with Crippen LogP contribution in [-0.2, 0) is 0 Å². The Morgan fingerprint density at radius 2 is 2.00 bits per heavy atom. The smallest absolute Gasteiger partial charge is 0.0465 e. The summed E-state index contributed by atoms with van der Waals surface area (Å²) in [5, 5.41) is 8.60. The number of rotatable bonds is 4. The summed E-state index contributed by atoms with van der Waals surface area (Å²) >= 11 is 0. The zero-order chi connectivity index (χ0) is 9.52. The van der Waals surface area contributed by atoms with Gasteiger partial charge in [-0.2, -0.15) is 0 Å². The van der Waals surface area contributed by atoms with Crippen LogP contribution in [0.1, 0.15) is 24.8 Å². The van der Waals surface area contributed by atoms with E-state index in [0.29, 0.717) is 5.92 Å². The second-order valence-corrected chi connectivity index (χ2v) is 3.14. The van der Waals surface area contributed by atoms with Crippen LogP contribution >= 0.6 is 0 Å². The van der Waals surface area contributed by atoms with E-state index in [4.69, 9.17) is 5.11 Å². The average molecular weight is 176 g/mol. The van der Waals surface area contributed by atoms with Gasteiger partial charge in [-0.05, 0) is 17.9 Å². The summed E-state index contributed by atoms with van der Waals surface area (Å²) in [6.07, 6.45) is 4.90.